The fraction of sp³-hybridized carbons (Fsp3) is 0.0645. The molecule has 5 rings (SSSR count). The fourth-order valence-corrected chi connectivity index (χ4v) is 4.36. The Balaban J connectivity index is 1.88. The fourth-order valence-electron chi connectivity index (χ4n) is 4.36. The molecule has 0 aliphatic heterocycles. The summed E-state index contributed by atoms with van der Waals surface area (Å²) in [6.45, 7) is 4.29. The first-order chi connectivity index (χ1) is 15.7. The number of hydrogen-bond acceptors (Lipinski definition) is 1. The van der Waals surface area contributed by atoms with Crippen LogP contribution in [0.1, 0.15) is 11.1 Å². The van der Waals surface area contributed by atoms with Gasteiger partial charge in [-0.2, -0.15) is 0 Å². The van der Waals surface area contributed by atoms with Gasteiger partial charge in [0, 0.05) is 16.7 Å². The summed E-state index contributed by atoms with van der Waals surface area (Å²) in [7, 11) is 0. The maximum Gasteiger partial charge on any atom is 0.0794 e. The molecule has 4 aromatic carbocycles. The van der Waals surface area contributed by atoms with Crippen molar-refractivity contribution in [3.05, 3.63) is 126 Å². The van der Waals surface area contributed by atoms with Crippen molar-refractivity contribution in [1.29, 1.82) is 0 Å². The minimum Gasteiger partial charge on any atom is -0.247 e. The molecular formula is C31H25N. The predicted octanol–water partition coefficient (Wildman–Crippen LogP) is 8.37. The van der Waals surface area contributed by atoms with Gasteiger partial charge < -0.3 is 0 Å². The van der Waals surface area contributed by atoms with Crippen LogP contribution < -0.4 is 0 Å². The lowest BCUT2D eigenvalue weighted by atomic mass is 9.89. The molecule has 1 aromatic heterocycles. The van der Waals surface area contributed by atoms with Crippen molar-refractivity contribution < 1.29 is 0 Å². The second-order valence-corrected chi connectivity index (χ2v) is 8.25. The van der Waals surface area contributed by atoms with Crippen LogP contribution in [0.4, 0.5) is 0 Å². The zero-order chi connectivity index (χ0) is 21.9. The molecule has 32 heavy (non-hydrogen) atoms. The molecule has 0 saturated carbocycles. The number of nitrogens with zero attached hydrogens (tertiary/aromatic N) is 1. The zero-order valence-corrected chi connectivity index (χ0v) is 18.4. The van der Waals surface area contributed by atoms with Crippen molar-refractivity contribution in [2.75, 3.05) is 0 Å². The topological polar surface area (TPSA) is 12.9 Å². The Labute approximate surface area is 190 Å². The Kier molecular flexibility index (Phi) is 5.39. The number of aromatic nitrogens is 1. The lowest BCUT2D eigenvalue weighted by Gasteiger charge is -2.18. The lowest BCUT2D eigenvalue weighted by Crippen LogP contribution is -1.97. The molecule has 0 fully saturated rings. The molecule has 0 bridgehead atoms. The van der Waals surface area contributed by atoms with Crippen LogP contribution >= 0.6 is 0 Å². The third kappa shape index (κ3) is 3.98. The van der Waals surface area contributed by atoms with Crippen LogP contribution in [0.15, 0.2) is 115 Å². The van der Waals surface area contributed by atoms with Gasteiger partial charge in [0.1, 0.15) is 0 Å². The highest BCUT2D eigenvalue weighted by Crippen LogP contribution is 2.41. The van der Waals surface area contributed by atoms with Gasteiger partial charge in [0.2, 0.25) is 0 Å². The number of benzene rings is 4. The molecule has 0 aliphatic carbocycles. The SMILES string of the molecule is Cc1cc(C)cc(-c2cc(-c3ccccc3)c(-c3ccccc3)c(-c3ccccc3)n2)c1. The maximum absolute atomic E-state index is 5.26. The number of pyridine rings is 1. The van der Waals surface area contributed by atoms with E-state index in [-0.39, 0.29) is 0 Å². The highest BCUT2D eigenvalue weighted by atomic mass is 14.7. The third-order valence-corrected chi connectivity index (χ3v) is 5.73. The van der Waals surface area contributed by atoms with Gasteiger partial charge in [0.25, 0.3) is 0 Å². The van der Waals surface area contributed by atoms with Crippen LogP contribution in [0.5, 0.6) is 0 Å². The van der Waals surface area contributed by atoms with Crippen LogP contribution in [0.25, 0.3) is 44.8 Å². The van der Waals surface area contributed by atoms with E-state index in [1.165, 1.54) is 27.8 Å². The van der Waals surface area contributed by atoms with E-state index in [1.807, 2.05) is 0 Å². The van der Waals surface area contributed by atoms with Crippen molar-refractivity contribution in [2.24, 2.45) is 0 Å². The van der Waals surface area contributed by atoms with Crippen LogP contribution in [0.3, 0.4) is 0 Å². The van der Waals surface area contributed by atoms with E-state index in [9.17, 15) is 0 Å². The van der Waals surface area contributed by atoms with E-state index in [4.69, 9.17) is 4.98 Å². The standard InChI is InChI=1S/C31H25N/c1-22-18-23(2)20-27(19-22)29-21-28(24-12-6-3-7-13-24)30(25-14-8-4-9-15-25)31(32-29)26-16-10-5-11-17-26/h3-21H,1-2H3. The van der Waals surface area contributed by atoms with E-state index >= 15 is 0 Å². The highest BCUT2D eigenvalue weighted by molar-refractivity contribution is 5.94. The van der Waals surface area contributed by atoms with Crippen LogP contribution in [0, 0.1) is 13.8 Å². The van der Waals surface area contributed by atoms with Gasteiger partial charge in [-0.25, -0.2) is 4.98 Å². The van der Waals surface area contributed by atoms with Crippen molar-refractivity contribution >= 4 is 0 Å². The molecule has 0 unspecified atom stereocenters. The first kappa shape index (κ1) is 20.0. The highest BCUT2D eigenvalue weighted by Gasteiger charge is 2.18. The molecule has 0 amide bonds. The van der Waals surface area contributed by atoms with Crippen LogP contribution in [-0.2, 0) is 0 Å². The minimum atomic E-state index is 0.995. The summed E-state index contributed by atoms with van der Waals surface area (Å²) >= 11 is 0. The molecule has 0 N–H and O–H groups in total. The van der Waals surface area contributed by atoms with Gasteiger partial charge in [0.05, 0.1) is 11.4 Å². The minimum absolute atomic E-state index is 0.995. The summed E-state index contributed by atoms with van der Waals surface area (Å²) in [6, 6.07) is 40.6. The first-order valence-corrected chi connectivity index (χ1v) is 11.0. The van der Waals surface area contributed by atoms with Gasteiger partial charge in [-0.15, -0.1) is 0 Å². The van der Waals surface area contributed by atoms with Crippen molar-refractivity contribution in [2.45, 2.75) is 13.8 Å². The monoisotopic (exact) mass is 411 g/mol. The smallest absolute Gasteiger partial charge is 0.0794 e. The first-order valence-electron chi connectivity index (χ1n) is 11.0. The van der Waals surface area contributed by atoms with Gasteiger partial charge in [-0.3, -0.25) is 0 Å². The largest absolute Gasteiger partial charge is 0.247 e. The Morgan fingerprint density at radius 2 is 0.969 bits per heavy atom. The Hall–Kier alpha value is -3.97. The molecular weight excluding hydrogens is 386 g/mol. The van der Waals surface area contributed by atoms with E-state index in [0.29, 0.717) is 0 Å². The molecule has 5 aromatic rings. The van der Waals surface area contributed by atoms with E-state index in [2.05, 4.69) is 129 Å². The molecule has 0 spiro atoms. The molecule has 1 nitrogen and oxygen atoms in total. The summed E-state index contributed by atoms with van der Waals surface area (Å²) in [5.74, 6) is 0. The Morgan fingerprint density at radius 1 is 0.469 bits per heavy atom. The lowest BCUT2D eigenvalue weighted by molar-refractivity contribution is 1.30. The summed E-state index contributed by atoms with van der Waals surface area (Å²) < 4.78 is 0. The average Bonchev–Trinajstić information content (AvgIpc) is 2.84. The maximum atomic E-state index is 5.26. The van der Waals surface area contributed by atoms with E-state index < -0.39 is 0 Å². The second kappa shape index (κ2) is 8.64. The number of rotatable bonds is 4. The Bertz CT molecular complexity index is 1270. The molecule has 0 aliphatic rings. The summed E-state index contributed by atoms with van der Waals surface area (Å²) in [5.41, 5.74) is 11.5. The number of hydrogen-bond donors (Lipinski definition) is 0. The van der Waals surface area contributed by atoms with Crippen LogP contribution in [0.2, 0.25) is 0 Å². The van der Waals surface area contributed by atoms with Crippen molar-refractivity contribution in [3.63, 3.8) is 0 Å². The molecule has 154 valence electrons. The van der Waals surface area contributed by atoms with Gasteiger partial charge in [-0.1, -0.05) is 108 Å². The quantitative estimate of drug-likeness (QED) is 0.289. The number of aryl methyl sites for hydroxylation is 2. The molecule has 0 atom stereocenters. The van der Waals surface area contributed by atoms with Gasteiger partial charge in [0.15, 0.2) is 0 Å². The summed E-state index contributed by atoms with van der Waals surface area (Å²) in [5, 5.41) is 0. The van der Waals surface area contributed by atoms with Gasteiger partial charge >= 0.3 is 0 Å². The zero-order valence-electron chi connectivity index (χ0n) is 18.4. The van der Waals surface area contributed by atoms with Crippen molar-refractivity contribution in [1.82, 2.24) is 4.98 Å². The third-order valence-electron chi connectivity index (χ3n) is 5.73. The van der Waals surface area contributed by atoms with E-state index in [1.54, 1.807) is 0 Å². The molecule has 0 saturated heterocycles. The molecule has 1 heteroatoms. The summed E-state index contributed by atoms with van der Waals surface area (Å²) in [4.78, 5) is 5.26. The summed E-state index contributed by atoms with van der Waals surface area (Å²) in [6.07, 6.45) is 0. The molecule has 0 radical (unpaired) electrons. The van der Waals surface area contributed by atoms with E-state index in [0.717, 1.165) is 28.1 Å². The Morgan fingerprint density at radius 3 is 1.53 bits per heavy atom. The second-order valence-electron chi connectivity index (χ2n) is 8.25. The van der Waals surface area contributed by atoms with Crippen LogP contribution in [-0.4, -0.2) is 4.98 Å². The average molecular weight is 412 g/mol. The predicted molar refractivity (Wildman–Crippen MR) is 135 cm³/mol. The molecule has 1 heterocycles. The van der Waals surface area contributed by atoms with Crippen molar-refractivity contribution in [3.8, 4) is 44.8 Å². The van der Waals surface area contributed by atoms with Gasteiger partial charge in [-0.05, 0) is 48.7 Å². The normalized spacial score (nSPS) is 10.8.